The lowest BCUT2D eigenvalue weighted by molar-refractivity contribution is -0.113. The molecule has 0 radical (unpaired) electrons. The number of rotatable bonds is 4. The molecule has 1 aromatic rings. The van der Waals surface area contributed by atoms with Crippen molar-refractivity contribution in [3.63, 3.8) is 0 Å². The molecule has 0 aromatic heterocycles. The third kappa shape index (κ3) is 3.86. The van der Waals surface area contributed by atoms with Gasteiger partial charge in [-0.05, 0) is 26.0 Å². The zero-order chi connectivity index (χ0) is 13.5. The standard InChI is InChI=1S/C13H14N2O3/c1-9(16)12(10(2)17)8-14-15-13(18)11-6-4-3-5-7-11/h3-8,16H,1-2H3,(H,15,18)/b12-9+,14-8+. The maximum atomic E-state index is 11.6. The van der Waals surface area contributed by atoms with Gasteiger partial charge in [0.15, 0.2) is 5.78 Å². The van der Waals surface area contributed by atoms with Gasteiger partial charge in [-0.15, -0.1) is 0 Å². The fraction of sp³-hybridized carbons (Fsp3) is 0.154. The Balaban J connectivity index is 2.69. The largest absolute Gasteiger partial charge is 0.512 e. The molecule has 0 saturated heterocycles. The van der Waals surface area contributed by atoms with Crippen molar-refractivity contribution in [1.29, 1.82) is 0 Å². The Morgan fingerprint density at radius 3 is 2.33 bits per heavy atom. The average molecular weight is 246 g/mol. The molecular weight excluding hydrogens is 232 g/mol. The van der Waals surface area contributed by atoms with Crippen molar-refractivity contribution in [3.05, 3.63) is 47.2 Å². The van der Waals surface area contributed by atoms with E-state index in [4.69, 9.17) is 0 Å². The highest BCUT2D eigenvalue weighted by atomic mass is 16.3. The average Bonchev–Trinajstić information content (AvgIpc) is 2.34. The van der Waals surface area contributed by atoms with Crippen molar-refractivity contribution in [2.45, 2.75) is 13.8 Å². The third-order valence-corrected chi connectivity index (χ3v) is 2.16. The Kier molecular flexibility index (Phi) is 4.80. The van der Waals surface area contributed by atoms with Gasteiger partial charge >= 0.3 is 0 Å². The highest BCUT2D eigenvalue weighted by Crippen LogP contribution is 2.00. The third-order valence-electron chi connectivity index (χ3n) is 2.16. The first-order chi connectivity index (χ1) is 8.52. The second-order valence-corrected chi connectivity index (χ2v) is 3.62. The molecule has 94 valence electrons. The van der Waals surface area contributed by atoms with E-state index in [0.717, 1.165) is 6.21 Å². The van der Waals surface area contributed by atoms with Gasteiger partial charge < -0.3 is 5.11 Å². The molecule has 0 fully saturated rings. The molecule has 5 heteroatoms. The van der Waals surface area contributed by atoms with E-state index in [9.17, 15) is 14.7 Å². The van der Waals surface area contributed by atoms with Crippen LogP contribution in [0.4, 0.5) is 0 Å². The highest BCUT2D eigenvalue weighted by molar-refractivity contribution is 6.12. The summed E-state index contributed by atoms with van der Waals surface area (Å²) >= 11 is 0. The quantitative estimate of drug-likeness (QED) is 0.368. The monoisotopic (exact) mass is 246 g/mol. The number of amides is 1. The smallest absolute Gasteiger partial charge is 0.271 e. The molecule has 0 aliphatic heterocycles. The summed E-state index contributed by atoms with van der Waals surface area (Å²) in [5, 5.41) is 12.8. The Bertz CT molecular complexity index is 500. The van der Waals surface area contributed by atoms with E-state index >= 15 is 0 Å². The van der Waals surface area contributed by atoms with Gasteiger partial charge in [0.25, 0.3) is 5.91 Å². The van der Waals surface area contributed by atoms with Crippen molar-refractivity contribution < 1.29 is 14.7 Å². The SMILES string of the molecule is CC(=O)C(/C=N/NC(=O)c1ccccc1)=C(\C)O. The van der Waals surface area contributed by atoms with Crippen LogP contribution in [0.25, 0.3) is 0 Å². The second-order valence-electron chi connectivity index (χ2n) is 3.62. The van der Waals surface area contributed by atoms with E-state index in [1.165, 1.54) is 13.8 Å². The van der Waals surface area contributed by atoms with Crippen LogP contribution in [0.3, 0.4) is 0 Å². The first kappa shape index (κ1) is 13.6. The maximum absolute atomic E-state index is 11.6. The number of hydrazone groups is 1. The summed E-state index contributed by atoms with van der Waals surface area (Å²) in [5.74, 6) is -0.849. The van der Waals surface area contributed by atoms with Crippen LogP contribution in [0, 0.1) is 0 Å². The molecule has 0 spiro atoms. The molecule has 0 bridgehead atoms. The van der Waals surface area contributed by atoms with Gasteiger partial charge in [0.1, 0.15) is 5.76 Å². The molecule has 0 atom stereocenters. The van der Waals surface area contributed by atoms with Crippen LogP contribution in [0.1, 0.15) is 24.2 Å². The Hall–Kier alpha value is -2.43. The van der Waals surface area contributed by atoms with Gasteiger partial charge in [-0.1, -0.05) is 18.2 Å². The summed E-state index contributed by atoms with van der Waals surface area (Å²) < 4.78 is 0. The van der Waals surface area contributed by atoms with Gasteiger partial charge in [0.05, 0.1) is 11.8 Å². The second kappa shape index (κ2) is 6.34. The molecule has 0 heterocycles. The van der Waals surface area contributed by atoms with Crippen LogP contribution in [-0.2, 0) is 4.79 Å². The predicted octanol–water partition coefficient (Wildman–Crippen LogP) is 1.82. The van der Waals surface area contributed by atoms with E-state index in [0.29, 0.717) is 5.56 Å². The van der Waals surface area contributed by atoms with E-state index < -0.39 is 0 Å². The van der Waals surface area contributed by atoms with Crippen LogP contribution in [0.15, 0.2) is 46.8 Å². The molecule has 5 nitrogen and oxygen atoms in total. The van der Waals surface area contributed by atoms with E-state index in [1.54, 1.807) is 30.3 Å². The van der Waals surface area contributed by atoms with Gasteiger partial charge in [0, 0.05) is 5.56 Å². The topological polar surface area (TPSA) is 78.8 Å². The van der Waals surface area contributed by atoms with Crippen LogP contribution in [-0.4, -0.2) is 23.0 Å². The van der Waals surface area contributed by atoms with E-state index in [1.807, 2.05) is 0 Å². The van der Waals surface area contributed by atoms with Crippen LogP contribution in [0.2, 0.25) is 0 Å². The number of ketones is 1. The maximum Gasteiger partial charge on any atom is 0.271 e. The summed E-state index contributed by atoms with van der Waals surface area (Å²) in [7, 11) is 0. The number of carbonyl (C=O) groups is 2. The normalized spacial score (nSPS) is 12.1. The first-order valence-corrected chi connectivity index (χ1v) is 5.31. The van der Waals surface area contributed by atoms with Crippen molar-refractivity contribution >= 4 is 17.9 Å². The molecule has 0 aliphatic carbocycles. The lowest BCUT2D eigenvalue weighted by Crippen LogP contribution is -2.18. The van der Waals surface area contributed by atoms with Gasteiger partial charge in [-0.3, -0.25) is 9.59 Å². The van der Waals surface area contributed by atoms with Crippen LogP contribution in [0.5, 0.6) is 0 Å². The van der Waals surface area contributed by atoms with Crippen LogP contribution >= 0.6 is 0 Å². The number of aliphatic hydroxyl groups excluding tert-OH is 1. The van der Waals surface area contributed by atoms with Gasteiger partial charge in [-0.2, -0.15) is 5.10 Å². The number of hydrogen-bond donors (Lipinski definition) is 2. The summed E-state index contributed by atoms with van der Waals surface area (Å²) in [4.78, 5) is 22.7. The molecule has 1 rings (SSSR count). The number of nitrogens with one attached hydrogen (secondary N) is 1. The van der Waals surface area contributed by atoms with E-state index in [-0.39, 0.29) is 23.0 Å². The molecular formula is C13H14N2O3. The molecule has 0 saturated carbocycles. The predicted molar refractivity (Wildman–Crippen MR) is 68.4 cm³/mol. The summed E-state index contributed by atoms with van der Waals surface area (Å²) in [6.45, 7) is 2.68. The molecule has 2 N–H and O–H groups in total. The Labute approximate surface area is 105 Å². The van der Waals surface area contributed by atoms with E-state index in [2.05, 4.69) is 10.5 Å². The number of aliphatic hydroxyl groups is 1. The zero-order valence-electron chi connectivity index (χ0n) is 10.2. The minimum absolute atomic E-state index is 0.0587. The van der Waals surface area contributed by atoms with Crippen LogP contribution < -0.4 is 5.43 Å². The molecule has 1 aromatic carbocycles. The summed E-state index contributed by atoms with van der Waals surface area (Å²) in [6.07, 6.45) is 1.12. The number of Topliss-reactive ketones (excluding diaryl/α,β-unsaturated/α-hetero) is 1. The number of carbonyl (C=O) groups excluding carboxylic acids is 2. The lowest BCUT2D eigenvalue weighted by Gasteiger charge is -2.00. The fourth-order valence-corrected chi connectivity index (χ4v) is 1.25. The minimum Gasteiger partial charge on any atom is -0.512 e. The first-order valence-electron chi connectivity index (χ1n) is 5.31. The van der Waals surface area contributed by atoms with Crippen molar-refractivity contribution in [1.82, 2.24) is 5.43 Å². The summed E-state index contributed by atoms with van der Waals surface area (Å²) in [6, 6.07) is 8.55. The minimum atomic E-state index is -0.384. The molecule has 1 amide bonds. The zero-order valence-corrected chi connectivity index (χ0v) is 10.2. The Morgan fingerprint density at radius 1 is 1.22 bits per heavy atom. The van der Waals surface area contributed by atoms with Gasteiger partial charge in [-0.25, -0.2) is 5.43 Å². The number of allylic oxidation sites excluding steroid dienone is 2. The summed E-state index contributed by atoms with van der Waals surface area (Å²) in [5.41, 5.74) is 2.79. The van der Waals surface area contributed by atoms with Gasteiger partial charge in [0.2, 0.25) is 0 Å². The number of hydrogen-bond acceptors (Lipinski definition) is 4. The highest BCUT2D eigenvalue weighted by Gasteiger charge is 2.06. The number of nitrogens with zero attached hydrogens (tertiary/aromatic N) is 1. The molecule has 18 heavy (non-hydrogen) atoms. The number of benzene rings is 1. The molecule has 0 unspecified atom stereocenters. The fourth-order valence-electron chi connectivity index (χ4n) is 1.25. The molecule has 0 aliphatic rings. The van der Waals surface area contributed by atoms with Crippen molar-refractivity contribution in [2.24, 2.45) is 5.10 Å². The Morgan fingerprint density at radius 2 is 1.83 bits per heavy atom. The lowest BCUT2D eigenvalue weighted by atomic mass is 10.2. The van der Waals surface area contributed by atoms with Crippen molar-refractivity contribution in [2.75, 3.05) is 0 Å². The van der Waals surface area contributed by atoms with Crippen molar-refractivity contribution in [3.8, 4) is 0 Å².